The van der Waals surface area contributed by atoms with Crippen molar-refractivity contribution in [3.8, 4) is 11.5 Å². The predicted octanol–water partition coefficient (Wildman–Crippen LogP) is 2.15. The highest BCUT2D eigenvalue weighted by Crippen LogP contribution is 2.48. The molecule has 4 rings (SSSR count). The van der Waals surface area contributed by atoms with Crippen LogP contribution in [0.2, 0.25) is 0 Å². The van der Waals surface area contributed by atoms with E-state index in [9.17, 15) is 0 Å². The van der Waals surface area contributed by atoms with Gasteiger partial charge in [0, 0.05) is 19.2 Å². The summed E-state index contributed by atoms with van der Waals surface area (Å²) in [4.78, 5) is 8.74. The summed E-state index contributed by atoms with van der Waals surface area (Å²) in [5, 5.41) is 4.04. The number of aromatic nitrogens is 4. The van der Waals surface area contributed by atoms with Crippen molar-refractivity contribution in [3.63, 3.8) is 0 Å². The van der Waals surface area contributed by atoms with Crippen molar-refractivity contribution in [2.24, 2.45) is 18.9 Å². The first-order chi connectivity index (χ1) is 8.79. The van der Waals surface area contributed by atoms with E-state index in [-0.39, 0.29) is 0 Å². The number of nitrogens with zero attached hydrogens (tertiary/aromatic N) is 4. The number of rotatable bonds is 2. The molecule has 5 nitrogen and oxygen atoms in total. The molecular weight excluding hydrogens is 228 g/mol. The van der Waals surface area contributed by atoms with Crippen molar-refractivity contribution in [1.29, 1.82) is 0 Å². The summed E-state index contributed by atoms with van der Waals surface area (Å²) in [6.45, 7) is 0. The summed E-state index contributed by atoms with van der Waals surface area (Å²) >= 11 is 0. The molecule has 3 atom stereocenters. The predicted molar refractivity (Wildman–Crippen MR) is 64.6 cm³/mol. The normalized spacial score (nSPS) is 29.3. The van der Waals surface area contributed by atoms with Gasteiger partial charge in [-0.1, -0.05) is 17.3 Å². The highest BCUT2D eigenvalue weighted by Gasteiger charge is 2.39. The van der Waals surface area contributed by atoms with Crippen LogP contribution in [-0.2, 0) is 7.05 Å². The zero-order valence-corrected chi connectivity index (χ0v) is 10.2. The summed E-state index contributed by atoms with van der Waals surface area (Å²) < 4.78 is 7.30. The first-order valence-electron chi connectivity index (χ1n) is 6.30. The highest BCUT2D eigenvalue weighted by atomic mass is 16.5. The number of fused-ring (bicyclic) bond motifs is 2. The molecule has 0 radical (unpaired) electrons. The monoisotopic (exact) mass is 242 g/mol. The van der Waals surface area contributed by atoms with Crippen LogP contribution < -0.4 is 0 Å². The molecule has 2 aromatic heterocycles. The van der Waals surface area contributed by atoms with Crippen molar-refractivity contribution in [2.45, 2.75) is 18.8 Å². The van der Waals surface area contributed by atoms with E-state index in [0.29, 0.717) is 23.6 Å². The number of aryl methyl sites for hydroxylation is 1. The van der Waals surface area contributed by atoms with Gasteiger partial charge in [-0.3, -0.25) is 0 Å². The van der Waals surface area contributed by atoms with Gasteiger partial charge in [0.15, 0.2) is 0 Å². The molecule has 0 amide bonds. The Labute approximate surface area is 105 Å². The third-order valence-electron chi connectivity index (χ3n) is 3.97. The highest BCUT2D eigenvalue weighted by molar-refractivity contribution is 5.46. The Morgan fingerprint density at radius 1 is 1.33 bits per heavy atom. The molecule has 18 heavy (non-hydrogen) atoms. The quantitative estimate of drug-likeness (QED) is 0.757. The minimum absolute atomic E-state index is 0.407. The second kappa shape index (κ2) is 3.54. The summed E-state index contributed by atoms with van der Waals surface area (Å²) in [6, 6.07) is 0. The Kier molecular flexibility index (Phi) is 1.98. The van der Waals surface area contributed by atoms with Gasteiger partial charge >= 0.3 is 0 Å². The van der Waals surface area contributed by atoms with Gasteiger partial charge in [0.25, 0.3) is 0 Å². The van der Waals surface area contributed by atoms with E-state index in [1.54, 1.807) is 6.33 Å². The van der Waals surface area contributed by atoms with E-state index in [4.69, 9.17) is 4.52 Å². The van der Waals surface area contributed by atoms with Crippen LogP contribution in [0.3, 0.4) is 0 Å². The van der Waals surface area contributed by atoms with Crippen LogP contribution >= 0.6 is 0 Å². The van der Waals surface area contributed by atoms with Gasteiger partial charge < -0.3 is 9.09 Å². The van der Waals surface area contributed by atoms with E-state index < -0.39 is 0 Å². The molecule has 2 heterocycles. The Morgan fingerprint density at radius 3 is 2.94 bits per heavy atom. The van der Waals surface area contributed by atoms with Crippen molar-refractivity contribution in [1.82, 2.24) is 19.7 Å². The van der Waals surface area contributed by atoms with Gasteiger partial charge in [-0.05, 0) is 24.7 Å². The number of imidazole rings is 1. The third-order valence-corrected chi connectivity index (χ3v) is 3.97. The summed E-state index contributed by atoms with van der Waals surface area (Å²) in [5.74, 6) is 3.08. The molecular formula is C13H14N4O. The molecule has 0 saturated heterocycles. The topological polar surface area (TPSA) is 56.7 Å². The van der Waals surface area contributed by atoms with Gasteiger partial charge in [0.05, 0.1) is 6.33 Å². The molecule has 0 aliphatic heterocycles. The molecule has 2 aromatic rings. The van der Waals surface area contributed by atoms with Gasteiger partial charge in [0.1, 0.15) is 5.69 Å². The van der Waals surface area contributed by atoms with Gasteiger partial charge in [-0.25, -0.2) is 4.98 Å². The lowest BCUT2D eigenvalue weighted by molar-refractivity contribution is 0.337. The molecule has 0 spiro atoms. The SMILES string of the molecule is Cn1cnc(-c2noc([C@H]3C[C@@H]4C=C[C@H]3C4)n2)c1. The lowest BCUT2D eigenvalue weighted by Crippen LogP contribution is -2.05. The van der Waals surface area contributed by atoms with Crippen LogP contribution in [0.4, 0.5) is 0 Å². The summed E-state index contributed by atoms with van der Waals surface area (Å²) in [6.07, 6.45) is 10.6. The minimum atomic E-state index is 0.407. The third kappa shape index (κ3) is 1.43. The average molecular weight is 242 g/mol. The molecule has 2 aliphatic rings. The Bertz CT molecular complexity index is 612. The van der Waals surface area contributed by atoms with Gasteiger partial charge in [-0.15, -0.1) is 0 Å². The molecule has 0 unspecified atom stereocenters. The fourth-order valence-electron chi connectivity index (χ4n) is 3.08. The molecule has 1 fully saturated rings. The molecule has 2 aliphatic carbocycles. The van der Waals surface area contributed by atoms with Gasteiger partial charge in [0.2, 0.25) is 11.7 Å². The average Bonchev–Trinajstić information content (AvgIpc) is 3.12. The largest absolute Gasteiger partial charge is 0.340 e. The molecule has 0 N–H and O–H groups in total. The Balaban J connectivity index is 1.64. The maximum Gasteiger partial charge on any atom is 0.230 e. The standard InChI is InChI=1S/C13H14N4O/c1-17-6-11(14-7-17)12-15-13(18-16-12)10-5-8-2-3-9(10)4-8/h2-3,6-10H,4-5H2,1H3/t8-,9+,10+/m1/s1. The van der Waals surface area contributed by atoms with E-state index in [0.717, 1.165) is 18.0 Å². The van der Waals surface area contributed by atoms with Crippen LogP contribution in [0, 0.1) is 11.8 Å². The van der Waals surface area contributed by atoms with Crippen LogP contribution in [0.25, 0.3) is 11.5 Å². The second-order valence-electron chi connectivity index (χ2n) is 5.27. The van der Waals surface area contributed by atoms with Crippen molar-refractivity contribution in [2.75, 3.05) is 0 Å². The minimum Gasteiger partial charge on any atom is -0.340 e. The molecule has 1 saturated carbocycles. The summed E-state index contributed by atoms with van der Waals surface area (Å²) in [5.41, 5.74) is 0.770. The van der Waals surface area contributed by atoms with E-state index >= 15 is 0 Å². The molecule has 5 heteroatoms. The first-order valence-corrected chi connectivity index (χ1v) is 6.30. The molecule has 2 bridgehead atoms. The van der Waals surface area contributed by atoms with Crippen LogP contribution in [-0.4, -0.2) is 19.7 Å². The van der Waals surface area contributed by atoms with Crippen LogP contribution in [0.15, 0.2) is 29.2 Å². The smallest absolute Gasteiger partial charge is 0.230 e. The first kappa shape index (κ1) is 10.1. The van der Waals surface area contributed by atoms with Crippen molar-refractivity contribution >= 4 is 0 Å². The fraction of sp³-hybridized carbons (Fsp3) is 0.462. The maximum absolute atomic E-state index is 5.42. The number of hydrogen-bond acceptors (Lipinski definition) is 4. The van der Waals surface area contributed by atoms with E-state index in [1.165, 1.54) is 6.42 Å². The molecule has 92 valence electrons. The van der Waals surface area contributed by atoms with E-state index in [2.05, 4.69) is 27.3 Å². The van der Waals surface area contributed by atoms with Crippen LogP contribution in [0.5, 0.6) is 0 Å². The number of allylic oxidation sites excluding steroid dienone is 2. The van der Waals surface area contributed by atoms with Crippen molar-refractivity contribution < 1.29 is 4.52 Å². The lowest BCUT2D eigenvalue weighted by atomic mass is 9.94. The van der Waals surface area contributed by atoms with E-state index in [1.807, 2.05) is 17.8 Å². The van der Waals surface area contributed by atoms with Gasteiger partial charge in [-0.2, -0.15) is 4.98 Å². The Morgan fingerprint density at radius 2 is 2.28 bits per heavy atom. The summed E-state index contributed by atoms with van der Waals surface area (Å²) in [7, 11) is 1.93. The van der Waals surface area contributed by atoms with Crippen LogP contribution in [0.1, 0.15) is 24.7 Å². The fourth-order valence-corrected chi connectivity index (χ4v) is 3.08. The zero-order valence-electron chi connectivity index (χ0n) is 10.2. The van der Waals surface area contributed by atoms with Crippen molar-refractivity contribution in [3.05, 3.63) is 30.6 Å². The second-order valence-corrected chi connectivity index (χ2v) is 5.27. The molecule has 0 aromatic carbocycles. The zero-order chi connectivity index (χ0) is 12.1. The number of hydrogen-bond donors (Lipinski definition) is 0. The lowest BCUT2D eigenvalue weighted by Gasteiger charge is -2.12. The Hall–Kier alpha value is -1.91. The maximum atomic E-state index is 5.42.